The molecule has 0 spiro atoms. The first-order valence-corrected chi connectivity index (χ1v) is 12.2. The minimum absolute atomic E-state index is 0.0417. The van der Waals surface area contributed by atoms with Crippen molar-refractivity contribution in [2.75, 3.05) is 7.11 Å². The fourth-order valence-electron chi connectivity index (χ4n) is 1.23. The van der Waals surface area contributed by atoms with E-state index in [0.29, 0.717) is 0 Å². The summed E-state index contributed by atoms with van der Waals surface area (Å²) < 4.78 is 5.11. The van der Waals surface area contributed by atoms with Gasteiger partial charge in [-0.3, -0.25) is 25.8 Å². The molecule has 1 nitrogen and oxygen atoms in total. The molecule has 0 atom stereocenters. The second-order valence-electron chi connectivity index (χ2n) is 2.72. The van der Waals surface area contributed by atoms with Crippen molar-refractivity contribution in [3.63, 3.8) is 0 Å². The topological polar surface area (TPSA) is 9.23 Å². The fraction of sp³-hybridized carbons (Fsp3) is 0.0909. The first-order chi connectivity index (χ1) is 7.31. The van der Waals surface area contributed by atoms with Crippen molar-refractivity contribution in [2.45, 2.75) is 0 Å². The second kappa shape index (κ2) is 7.49. The van der Waals surface area contributed by atoms with E-state index in [-0.39, 0.29) is 16.0 Å². The zero-order valence-corrected chi connectivity index (χ0v) is 12.9. The Hall–Kier alpha value is 0.226. The molecule has 0 heterocycles. The van der Waals surface area contributed by atoms with Crippen LogP contribution in [0.3, 0.4) is 0 Å². The summed E-state index contributed by atoms with van der Waals surface area (Å²) in [5.74, 6) is 0.891. The largest absolute Gasteiger partial charge is 0.560 e. The van der Waals surface area contributed by atoms with Gasteiger partial charge >= 0.3 is 16.0 Å². The van der Waals surface area contributed by atoms with Gasteiger partial charge in [0.1, 0.15) is 5.75 Å². The van der Waals surface area contributed by atoms with Crippen LogP contribution in [-0.4, -0.2) is 23.1 Å². The van der Waals surface area contributed by atoms with E-state index in [9.17, 15) is 0 Å². The van der Waals surface area contributed by atoms with Crippen LogP contribution in [-0.2, 0) is 0 Å². The average Bonchev–Trinajstić information content (AvgIpc) is 2.29. The molecule has 2 aromatic rings. The maximum Gasteiger partial charge on any atom is 0.560 e. The molecule has 0 aliphatic carbocycles. The molecule has 1 radical (unpaired) electrons. The van der Waals surface area contributed by atoms with Gasteiger partial charge in [0.05, 0.1) is 7.11 Å². The van der Waals surface area contributed by atoms with Crippen molar-refractivity contribution in [1.82, 2.24) is 0 Å². The minimum atomic E-state index is 0.0417. The van der Waals surface area contributed by atoms with E-state index < -0.39 is 0 Å². The molecule has 0 aliphatic rings. The number of hydrogen-bond acceptors (Lipinski definition) is 1. The summed E-state index contributed by atoms with van der Waals surface area (Å²) in [4.78, 5) is 0. The smallest absolute Gasteiger partial charge is 0.497 e. The summed E-state index contributed by atoms with van der Waals surface area (Å²) in [6.45, 7) is 0. The summed E-state index contributed by atoms with van der Waals surface area (Å²) in [6.07, 6.45) is 0. The predicted molar refractivity (Wildman–Crippen MR) is 72.9 cm³/mol. The lowest BCUT2D eigenvalue weighted by Gasteiger charge is -2.00. The number of ether oxygens (including phenoxy) is 1. The number of halogens is 2. The van der Waals surface area contributed by atoms with Crippen molar-refractivity contribution in [3.8, 4) is 5.75 Å². The van der Waals surface area contributed by atoms with Crippen molar-refractivity contribution < 1.29 is 4.74 Å². The first-order valence-electron chi connectivity index (χ1n) is 4.38. The van der Waals surface area contributed by atoms with Crippen molar-refractivity contribution in [3.05, 3.63) is 42.5 Å². The Kier molecular flexibility index (Phi) is 6.64. The first kappa shape index (κ1) is 13.3. The highest BCUT2D eigenvalue weighted by molar-refractivity contribution is 9.47. The highest BCUT2D eigenvalue weighted by Gasteiger charge is 1.93. The molecule has 2 aromatic carbocycles. The Morgan fingerprint density at radius 1 is 1.27 bits per heavy atom. The molecule has 0 aromatic heterocycles. The van der Waals surface area contributed by atoms with Crippen LogP contribution in [0, 0.1) is 6.07 Å². The molecule has 0 fully saturated rings. The number of fused-ring (bicyclic) bond motifs is 1. The number of hydrogen-bond donors (Lipinski definition) is 0. The van der Waals surface area contributed by atoms with Crippen LogP contribution >= 0.6 is 25.8 Å². The van der Waals surface area contributed by atoms with Gasteiger partial charge in [-0.05, 0) is 29.0 Å². The number of methoxy groups -OCH3 is 1. The molecule has 0 amide bonds. The van der Waals surface area contributed by atoms with Crippen LogP contribution in [0.4, 0.5) is 0 Å². The molecular weight excluding hydrogens is 332 g/mol. The van der Waals surface area contributed by atoms with Gasteiger partial charge in [0.2, 0.25) is 0 Å². The van der Waals surface area contributed by atoms with Gasteiger partial charge in [-0.2, -0.15) is 0 Å². The lowest BCUT2D eigenvalue weighted by atomic mass is 10.1. The molecule has 0 saturated heterocycles. The summed E-state index contributed by atoms with van der Waals surface area (Å²) in [6, 6.07) is 15.0. The molecule has 75 valence electrons. The van der Waals surface area contributed by atoms with Crippen molar-refractivity contribution >= 4 is 52.6 Å². The third-order valence-corrected chi connectivity index (χ3v) is 1.87. The van der Waals surface area contributed by atoms with Gasteiger partial charge in [-0.1, -0.05) is 24.3 Å². The molecule has 4 heteroatoms. The lowest BCUT2D eigenvalue weighted by molar-refractivity contribution is 0.415. The Morgan fingerprint density at radius 3 is 2.67 bits per heavy atom. The zero-order chi connectivity index (χ0) is 11.1. The van der Waals surface area contributed by atoms with Gasteiger partial charge in [-0.25, -0.2) is 0 Å². The number of benzene rings is 2. The van der Waals surface area contributed by atoms with E-state index in [1.807, 2.05) is 36.4 Å². The summed E-state index contributed by atoms with van der Waals surface area (Å²) >= 11 is 6.44. The second-order valence-corrected chi connectivity index (χ2v) is 10.8. The number of rotatable bonds is 1. The summed E-state index contributed by atoms with van der Waals surface area (Å²) in [7, 11) is 1.67. The molecule has 0 unspecified atom stereocenters. The van der Waals surface area contributed by atoms with Crippen LogP contribution in [0.2, 0.25) is 0 Å². The van der Waals surface area contributed by atoms with Crippen LogP contribution in [0.5, 0.6) is 5.75 Å². The third kappa shape index (κ3) is 4.30. The van der Waals surface area contributed by atoms with Gasteiger partial charge in [0, 0.05) is 0 Å². The van der Waals surface area contributed by atoms with E-state index >= 15 is 0 Å². The van der Waals surface area contributed by atoms with E-state index in [1.165, 1.54) is 0 Å². The Morgan fingerprint density at radius 2 is 2.00 bits per heavy atom. The Balaban J connectivity index is 0.000000337. The van der Waals surface area contributed by atoms with Gasteiger partial charge in [0.15, 0.2) is 0 Å². The van der Waals surface area contributed by atoms with Crippen LogP contribution in [0.15, 0.2) is 36.4 Å². The van der Waals surface area contributed by atoms with Crippen LogP contribution in [0.25, 0.3) is 10.8 Å². The van der Waals surface area contributed by atoms with Crippen molar-refractivity contribution in [1.29, 1.82) is 0 Å². The van der Waals surface area contributed by atoms with Gasteiger partial charge in [0.25, 0.3) is 0 Å². The lowest BCUT2D eigenvalue weighted by Crippen LogP contribution is -1.81. The fourth-order valence-corrected chi connectivity index (χ4v) is 1.23. The van der Waals surface area contributed by atoms with Crippen LogP contribution in [0.1, 0.15) is 0 Å². The maximum atomic E-state index is 5.11. The predicted octanol–water partition coefficient (Wildman–Crippen LogP) is 3.96. The SMILES string of the molecule is COc1ccc2[c]cccc2c1.[Br][Mg][Br]. The highest BCUT2D eigenvalue weighted by atomic mass is 79.9. The minimum Gasteiger partial charge on any atom is -0.497 e. The highest BCUT2D eigenvalue weighted by Crippen LogP contribution is 2.19. The average molecular weight is 341 g/mol. The molecule has 0 saturated carbocycles. The molecule has 15 heavy (non-hydrogen) atoms. The Bertz CT molecular complexity index is 420. The molecule has 0 bridgehead atoms. The van der Waals surface area contributed by atoms with Gasteiger partial charge in [-0.15, -0.1) is 0 Å². The molecular formula is C11H9Br2MgO. The van der Waals surface area contributed by atoms with Gasteiger partial charge < -0.3 is 4.74 Å². The zero-order valence-electron chi connectivity index (χ0n) is 8.34. The van der Waals surface area contributed by atoms with Crippen molar-refractivity contribution in [2.24, 2.45) is 0 Å². The van der Waals surface area contributed by atoms with E-state index in [4.69, 9.17) is 4.74 Å². The summed E-state index contributed by atoms with van der Waals surface area (Å²) in [5, 5.41) is 2.29. The van der Waals surface area contributed by atoms with Crippen LogP contribution < -0.4 is 4.74 Å². The molecule has 2 rings (SSSR count). The van der Waals surface area contributed by atoms with E-state index in [1.54, 1.807) is 7.11 Å². The maximum absolute atomic E-state index is 5.11. The standard InChI is InChI=1S/C11H9O.2BrH.Mg/c1-12-11-7-6-9-4-2-3-5-10(9)8-11;;;/h2-3,5-8H,1H3;2*1H;/q;;;+2/p-2. The quantitative estimate of drug-likeness (QED) is 0.714. The summed E-state index contributed by atoms with van der Waals surface area (Å²) in [5.41, 5.74) is 0. The normalized spacial score (nSPS) is 8.73. The van der Waals surface area contributed by atoms with E-state index in [2.05, 4.69) is 31.8 Å². The monoisotopic (exact) mass is 339 g/mol. The molecule has 0 N–H and O–H groups in total. The Labute approximate surface area is 112 Å². The third-order valence-electron chi connectivity index (χ3n) is 1.87. The van der Waals surface area contributed by atoms with E-state index in [0.717, 1.165) is 16.5 Å². The molecule has 0 aliphatic heterocycles.